The Bertz CT molecular complexity index is 1540. The highest BCUT2D eigenvalue weighted by Crippen LogP contribution is 2.52. The number of allylic oxidation sites excluding steroid dienone is 4. The van der Waals surface area contributed by atoms with Gasteiger partial charge < -0.3 is 45.6 Å². The molecule has 2 saturated heterocycles. The van der Waals surface area contributed by atoms with Gasteiger partial charge in [-0.25, -0.2) is 4.79 Å². The summed E-state index contributed by atoms with van der Waals surface area (Å²) in [6, 6.07) is -4.24. The van der Waals surface area contributed by atoms with Crippen molar-refractivity contribution < 1.29 is 43.3 Å². The summed E-state index contributed by atoms with van der Waals surface area (Å²) in [6.45, 7) is 11.1. The molecule has 1 saturated carbocycles. The van der Waals surface area contributed by atoms with Crippen molar-refractivity contribution in [3.05, 3.63) is 24.3 Å². The summed E-state index contributed by atoms with van der Waals surface area (Å²) < 4.78 is 12.0. The lowest BCUT2D eigenvalue weighted by Gasteiger charge is -2.35. The van der Waals surface area contributed by atoms with Gasteiger partial charge in [0.05, 0.1) is 24.7 Å². The summed E-state index contributed by atoms with van der Waals surface area (Å²) in [4.78, 5) is 86.3. The number of aliphatic hydroxyl groups is 1. The molecule has 4 rings (SSSR count). The minimum atomic E-state index is -1.72. The van der Waals surface area contributed by atoms with E-state index in [1.807, 2.05) is 45.1 Å². The Labute approximate surface area is 363 Å². The third-order valence-electron chi connectivity index (χ3n) is 12.5. The SMILES string of the molecule is CCCC1[C@@H](OCC)C(CCC)N2C(=O)[C@@H](NC(=O)OC(C)(C)C)CCCCCCCCCC[C@@H](C(O)C(=O)NCC(=O)N[C@H](C(=O)N(C)C)C3C4C=CC=CC43)NC(=O)[C@H]12. The number of nitrogens with one attached hydrogen (secondary N) is 4. The van der Waals surface area contributed by atoms with Crippen LogP contribution in [-0.2, 0) is 33.4 Å². The Hall–Kier alpha value is -3.98. The molecule has 15 heteroatoms. The van der Waals surface area contributed by atoms with Gasteiger partial charge in [0.15, 0.2) is 6.10 Å². The number of alkyl carbamates (subject to hydrolysis) is 1. The van der Waals surface area contributed by atoms with E-state index in [1.54, 1.807) is 39.8 Å². The smallest absolute Gasteiger partial charge is 0.408 e. The third-order valence-corrected chi connectivity index (χ3v) is 12.5. The Balaban J connectivity index is 1.60. The van der Waals surface area contributed by atoms with Gasteiger partial charge in [0.1, 0.15) is 23.7 Å². The van der Waals surface area contributed by atoms with E-state index in [0.717, 1.165) is 38.5 Å². The number of carbonyl (C=O) groups is 6. The fourth-order valence-corrected chi connectivity index (χ4v) is 9.58. The largest absolute Gasteiger partial charge is 0.444 e. The van der Waals surface area contributed by atoms with Crippen LogP contribution >= 0.6 is 0 Å². The fraction of sp³-hybridized carbons (Fsp3) is 0.783. The van der Waals surface area contributed by atoms with Gasteiger partial charge >= 0.3 is 6.09 Å². The minimum Gasteiger partial charge on any atom is -0.444 e. The van der Waals surface area contributed by atoms with Crippen LogP contribution in [-0.4, -0.2) is 126 Å². The highest BCUT2D eigenvalue weighted by molar-refractivity contribution is 5.94. The lowest BCUT2D eigenvalue weighted by Crippen LogP contribution is -2.60. The summed E-state index contributed by atoms with van der Waals surface area (Å²) in [5, 5.41) is 22.9. The normalized spacial score (nSPS) is 29.5. The number of ether oxygens (including phenoxy) is 2. The van der Waals surface area contributed by atoms with Crippen molar-refractivity contribution in [3.63, 3.8) is 0 Å². The van der Waals surface area contributed by atoms with Gasteiger partial charge in [-0.2, -0.15) is 0 Å². The van der Waals surface area contributed by atoms with Crippen molar-refractivity contribution in [2.75, 3.05) is 27.2 Å². The average molecular weight is 857 g/mol. The molecule has 0 spiro atoms. The second-order valence-electron chi connectivity index (χ2n) is 18.6. The van der Waals surface area contributed by atoms with Crippen LogP contribution in [0.4, 0.5) is 4.79 Å². The molecule has 5 unspecified atom stereocenters. The van der Waals surface area contributed by atoms with E-state index in [-0.39, 0.29) is 36.0 Å². The van der Waals surface area contributed by atoms with Gasteiger partial charge in [0.25, 0.3) is 5.91 Å². The first-order valence-corrected chi connectivity index (χ1v) is 23.1. The van der Waals surface area contributed by atoms with Crippen LogP contribution in [0.25, 0.3) is 0 Å². The second kappa shape index (κ2) is 23.5. The molecule has 4 aliphatic rings. The van der Waals surface area contributed by atoms with Gasteiger partial charge in [-0.05, 0) is 65.2 Å². The minimum absolute atomic E-state index is 0.102. The van der Waals surface area contributed by atoms with Gasteiger partial charge in [-0.1, -0.05) is 102 Å². The quantitative estimate of drug-likeness (QED) is 0.167. The zero-order valence-corrected chi connectivity index (χ0v) is 38.1. The van der Waals surface area contributed by atoms with Crippen LogP contribution < -0.4 is 21.3 Å². The van der Waals surface area contributed by atoms with Gasteiger partial charge in [-0.15, -0.1) is 0 Å². The van der Waals surface area contributed by atoms with E-state index in [0.29, 0.717) is 51.6 Å². The van der Waals surface area contributed by atoms with Crippen molar-refractivity contribution in [1.29, 1.82) is 0 Å². The van der Waals surface area contributed by atoms with E-state index in [4.69, 9.17) is 9.47 Å². The van der Waals surface area contributed by atoms with Crippen LogP contribution in [0.15, 0.2) is 24.3 Å². The molecule has 0 aromatic carbocycles. The van der Waals surface area contributed by atoms with E-state index in [1.165, 1.54) is 4.90 Å². The molecule has 0 aromatic heterocycles. The number of hydrogen-bond donors (Lipinski definition) is 5. The molecule has 6 amide bonds. The van der Waals surface area contributed by atoms with E-state index < -0.39 is 84.3 Å². The molecule has 10 atom stereocenters. The second-order valence-corrected chi connectivity index (χ2v) is 18.6. The van der Waals surface area contributed by atoms with Crippen LogP contribution in [0.1, 0.15) is 131 Å². The van der Waals surface area contributed by atoms with E-state index in [2.05, 4.69) is 21.3 Å². The molecular formula is C46H76N6O9. The zero-order valence-electron chi connectivity index (χ0n) is 38.1. The van der Waals surface area contributed by atoms with Gasteiger partial charge in [0.2, 0.25) is 23.6 Å². The molecule has 2 aliphatic heterocycles. The first kappa shape index (κ1) is 49.7. The predicted molar refractivity (Wildman–Crippen MR) is 233 cm³/mol. The first-order valence-electron chi connectivity index (χ1n) is 23.1. The maximum atomic E-state index is 15.0. The third kappa shape index (κ3) is 13.8. The Morgan fingerprint density at radius 3 is 2.05 bits per heavy atom. The molecule has 5 N–H and O–H groups in total. The summed E-state index contributed by atoms with van der Waals surface area (Å²) in [5.41, 5.74) is -0.790. The topological polar surface area (TPSA) is 196 Å². The maximum absolute atomic E-state index is 15.0. The fourth-order valence-electron chi connectivity index (χ4n) is 9.58. The summed E-state index contributed by atoms with van der Waals surface area (Å²) in [7, 11) is 3.27. The lowest BCUT2D eigenvalue weighted by molar-refractivity contribution is -0.144. The van der Waals surface area contributed by atoms with E-state index in [9.17, 15) is 33.9 Å². The standard InChI is InChI=1S/C46H76N6O9/c1-9-22-31-38-41(55)48-32(39(54)42(56)47-28-35(53)50-37(44(58)51(7)8)36-29-24-20-21-25-30(29)36)26-18-16-14-12-13-15-17-19-27-33(49-45(59)61-46(4,5)6)43(57)52(38)34(23-10-2)40(31)60-11-3/h20-21,24-25,29-34,36-40,54H,9-19,22-23,26-28H2,1-8H3,(H,47,56)(H,48,55)(H,49,59)(H,50,53)/t29?,30?,31?,32-,33-,34?,36?,37-,38-,39?,40+/m0/s1. The molecule has 344 valence electrons. The highest BCUT2D eigenvalue weighted by atomic mass is 16.6. The Morgan fingerprint density at radius 1 is 0.902 bits per heavy atom. The van der Waals surface area contributed by atoms with Crippen molar-refractivity contribution in [2.24, 2.45) is 23.7 Å². The zero-order chi connectivity index (χ0) is 44.9. The molecule has 0 bridgehead atoms. The first-order chi connectivity index (χ1) is 29.0. The molecule has 61 heavy (non-hydrogen) atoms. The van der Waals surface area contributed by atoms with Crippen molar-refractivity contribution in [1.82, 2.24) is 31.1 Å². The Morgan fingerprint density at radius 2 is 1.49 bits per heavy atom. The van der Waals surface area contributed by atoms with Gasteiger partial charge in [-0.3, -0.25) is 24.0 Å². The number of carbonyl (C=O) groups excluding carboxylic acids is 6. The van der Waals surface area contributed by atoms with Crippen LogP contribution in [0, 0.1) is 23.7 Å². The molecule has 2 heterocycles. The molecule has 2 aliphatic carbocycles. The number of hydrogen-bond acceptors (Lipinski definition) is 9. The summed E-state index contributed by atoms with van der Waals surface area (Å²) in [5.74, 6) is -2.77. The van der Waals surface area contributed by atoms with Crippen molar-refractivity contribution in [2.45, 2.75) is 179 Å². The number of nitrogens with zero attached hydrogens (tertiary/aromatic N) is 2. The average Bonchev–Trinajstić information content (AvgIpc) is 3.85. The van der Waals surface area contributed by atoms with Crippen LogP contribution in [0.5, 0.6) is 0 Å². The van der Waals surface area contributed by atoms with Crippen LogP contribution in [0.3, 0.4) is 0 Å². The molecule has 3 fully saturated rings. The maximum Gasteiger partial charge on any atom is 0.408 e. The van der Waals surface area contributed by atoms with Crippen molar-refractivity contribution in [3.8, 4) is 0 Å². The lowest BCUT2D eigenvalue weighted by atomic mass is 9.89. The summed E-state index contributed by atoms with van der Waals surface area (Å²) in [6.07, 6.45) is 15.2. The van der Waals surface area contributed by atoms with Crippen molar-refractivity contribution >= 4 is 35.6 Å². The number of fused-ring (bicyclic) bond motifs is 2. The Kier molecular flexibility index (Phi) is 19.1. The van der Waals surface area contributed by atoms with Crippen LogP contribution in [0.2, 0.25) is 0 Å². The number of likely N-dealkylation sites (N-methyl/N-ethyl adjacent to an activating group) is 1. The monoisotopic (exact) mass is 857 g/mol. The molecular weight excluding hydrogens is 781 g/mol. The highest BCUT2D eigenvalue weighted by Gasteiger charge is 2.56. The van der Waals surface area contributed by atoms with E-state index >= 15 is 0 Å². The number of amides is 6. The molecule has 0 radical (unpaired) electrons. The summed E-state index contributed by atoms with van der Waals surface area (Å²) >= 11 is 0. The molecule has 0 aromatic rings. The number of rotatable bonds is 14. The number of aliphatic hydroxyl groups excluding tert-OH is 1. The predicted octanol–water partition coefficient (Wildman–Crippen LogP) is 4.52. The molecule has 15 nitrogen and oxygen atoms in total. The van der Waals surface area contributed by atoms with Gasteiger partial charge in [0, 0.05) is 32.5 Å².